The molecule has 0 saturated carbocycles. The average Bonchev–Trinajstić information content (AvgIpc) is 2.81. The summed E-state index contributed by atoms with van der Waals surface area (Å²) in [6.45, 7) is 8.15. The highest BCUT2D eigenvalue weighted by Gasteiger charge is 2.53. The van der Waals surface area contributed by atoms with Gasteiger partial charge in [-0.2, -0.15) is 0 Å². The highest BCUT2D eigenvalue weighted by Crippen LogP contribution is 2.40. The number of anilines is 2. The summed E-state index contributed by atoms with van der Waals surface area (Å²) >= 11 is 0. The molecule has 1 spiro atoms. The number of hydrogen-bond acceptors (Lipinski definition) is 5. The van der Waals surface area contributed by atoms with Crippen molar-refractivity contribution >= 4 is 17.6 Å². The predicted molar refractivity (Wildman–Crippen MR) is 85.8 cm³/mol. The maximum absolute atomic E-state index is 12.4. The van der Waals surface area contributed by atoms with Crippen molar-refractivity contribution < 1.29 is 9.53 Å². The van der Waals surface area contributed by atoms with E-state index < -0.39 is 5.60 Å². The minimum atomic E-state index is -0.453. The number of nitrogen functional groups attached to an aromatic ring is 1. The largest absolute Gasteiger partial charge is 0.444 e. The third-order valence-corrected chi connectivity index (χ3v) is 4.32. The fourth-order valence-corrected chi connectivity index (χ4v) is 3.30. The molecule has 0 atom stereocenters. The number of carbonyl (C=O) groups is 1. The maximum atomic E-state index is 12.4. The average molecular weight is 304 g/mol. The van der Waals surface area contributed by atoms with Gasteiger partial charge in [-0.3, -0.25) is 4.90 Å². The van der Waals surface area contributed by atoms with E-state index in [1.807, 2.05) is 31.7 Å². The molecule has 0 bridgehead atoms. The summed E-state index contributed by atoms with van der Waals surface area (Å²) in [5.41, 5.74) is 6.14. The number of nitrogens with zero attached hydrogens (tertiary/aromatic N) is 3. The van der Waals surface area contributed by atoms with Crippen molar-refractivity contribution in [3.63, 3.8) is 0 Å². The summed E-state index contributed by atoms with van der Waals surface area (Å²) in [7, 11) is 0. The van der Waals surface area contributed by atoms with Crippen molar-refractivity contribution in [2.45, 2.75) is 44.8 Å². The number of rotatable bonds is 1. The third kappa shape index (κ3) is 2.69. The van der Waals surface area contributed by atoms with Crippen LogP contribution in [0.25, 0.3) is 0 Å². The Morgan fingerprint density at radius 2 is 2.09 bits per heavy atom. The van der Waals surface area contributed by atoms with Crippen LogP contribution < -0.4 is 10.6 Å². The summed E-state index contributed by atoms with van der Waals surface area (Å²) in [6, 6.07) is 3.78. The van der Waals surface area contributed by atoms with Crippen LogP contribution in [0, 0.1) is 0 Å². The summed E-state index contributed by atoms with van der Waals surface area (Å²) in [6.07, 6.45) is 3.66. The normalized spacial score (nSPS) is 20.1. The number of likely N-dealkylation sites (tertiary alicyclic amines) is 1. The molecule has 1 aromatic heterocycles. The lowest BCUT2D eigenvalue weighted by molar-refractivity contribution is 0.00235. The lowest BCUT2D eigenvalue weighted by Crippen LogP contribution is -2.69. The molecule has 3 rings (SSSR count). The van der Waals surface area contributed by atoms with E-state index in [4.69, 9.17) is 10.5 Å². The first-order valence-corrected chi connectivity index (χ1v) is 7.76. The lowest BCUT2D eigenvalue weighted by Gasteiger charge is -2.53. The zero-order valence-corrected chi connectivity index (χ0v) is 13.5. The van der Waals surface area contributed by atoms with Crippen molar-refractivity contribution in [1.82, 2.24) is 9.88 Å². The SMILES string of the molecule is CC(C)(C)OC(=O)N1CCCC12CN(c1ccc(N)nc1)C2. The second-order valence-corrected chi connectivity index (χ2v) is 7.26. The van der Waals surface area contributed by atoms with Crippen molar-refractivity contribution in [2.24, 2.45) is 0 Å². The van der Waals surface area contributed by atoms with E-state index >= 15 is 0 Å². The number of pyridine rings is 1. The molecule has 2 saturated heterocycles. The molecule has 2 N–H and O–H groups in total. The van der Waals surface area contributed by atoms with Gasteiger partial charge in [0.1, 0.15) is 11.4 Å². The van der Waals surface area contributed by atoms with Gasteiger partial charge < -0.3 is 15.4 Å². The number of hydrogen-bond donors (Lipinski definition) is 1. The minimum absolute atomic E-state index is 0.0796. The van der Waals surface area contributed by atoms with Gasteiger partial charge in [0.05, 0.1) is 17.4 Å². The van der Waals surface area contributed by atoms with Gasteiger partial charge in [0.15, 0.2) is 0 Å². The van der Waals surface area contributed by atoms with Crippen molar-refractivity contribution in [3.8, 4) is 0 Å². The van der Waals surface area contributed by atoms with E-state index in [2.05, 4.69) is 9.88 Å². The number of ether oxygens (including phenoxy) is 1. The van der Waals surface area contributed by atoms with E-state index in [1.54, 1.807) is 12.3 Å². The molecule has 1 aromatic rings. The van der Waals surface area contributed by atoms with E-state index in [-0.39, 0.29) is 11.6 Å². The first-order chi connectivity index (χ1) is 10.3. The molecule has 6 heteroatoms. The second-order valence-electron chi connectivity index (χ2n) is 7.26. The Balaban J connectivity index is 1.67. The fraction of sp³-hybridized carbons (Fsp3) is 0.625. The van der Waals surface area contributed by atoms with E-state index in [0.29, 0.717) is 5.82 Å². The Kier molecular flexibility index (Phi) is 3.42. The lowest BCUT2D eigenvalue weighted by atomic mass is 9.86. The van der Waals surface area contributed by atoms with Crippen LogP contribution in [0.3, 0.4) is 0 Å². The van der Waals surface area contributed by atoms with E-state index in [0.717, 1.165) is 38.2 Å². The van der Waals surface area contributed by atoms with Gasteiger partial charge in [-0.1, -0.05) is 0 Å². The van der Waals surface area contributed by atoms with Gasteiger partial charge >= 0.3 is 6.09 Å². The number of aromatic nitrogens is 1. The molecule has 6 nitrogen and oxygen atoms in total. The fourth-order valence-electron chi connectivity index (χ4n) is 3.30. The van der Waals surface area contributed by atoms with Gasteiger partial charge in [0.25, 0.3) is 0 Å². The first kappa shape index (κ1) is 14.9. The number of carbonyl (C=O) groups excluding carboxylic acids is 1. The Labute approximate surface area is 131 Å². The number of amides is 1. The first-order valence-electron chi connectivity index (χ1n) is 7.76. The molecule has 3 heterocycles. The third-order valence-electron chi connectivity index (χ3n) is 4.32. The summed E-state index contributed by atoms with van der Waals surface area (Å²) in [5.74, 6) is 0.523. The van der Waals surface area contributed by atoms with Gasteiger partial charge in [-0.15, -0.1) is 0 Å². The zero-order chi connectivity index (χ0) is 16.0. The topological polar surface area (TPSA) is 71.7 Å². The van der Waals surface area contributed by atoms with Gasteiger partial charge in [0.2, 0.25) is 0 Å². The summed E-state index contributed by atoms with van der Waals surface area (Å²) in [5, 5.41) is 0. The van der Waals surface area contributed by atoms with Crippen LogP contribution in [-0.2, 0) is 4.74 Å². The quantitative estimate of drug-likeness (QED) is 0.861. The molecule has 0 aromatic carbocycles. The summed E-state index contributed by atoms with van der Waals surface area (Å²) < 4.78 is 5.55. The van der Waals surface area contributed by atoms with Crippen molar-refractivity contribution in [1.29, 1.82) is 0 Å². The molecule has 1 amide bonds. The molecular formula is C16H24N4O2. The monoisotopic (exact) mass is 304 g/mol. The summed E-state index contributed by atoms with van der Waals surface area (Å²) in [4.78, 5) is 20.7. The Morgan fingerprint density at radius 3 is 2.68 bits per heavy atom. The molecule has 2 aliphatic heterocycles. The van der Waals surface area contributed by atoms with Crippen molar-refractivity contribution in [2.75, 3.05) is 30.3 Å². The van der Waals surface area contributed by atoms with Crippen LogP contribution in [0.1, 0.15) is 33.6 Å². The predicted octanol–water partition coefficient (Wildman–Crippen LogP) is 2.25. The Morgan fingerprint density at radius 1 is 1.36 bits per heavy atom. The molecule has 2 fully saturated rings. The van der Waals surface area contributed by atoms with Gasteiger partial charge in [-0.05, 0) is 45.7 Å². The molecular weight excluding hydrogens is 280 g/mol. The van der Waals surface area contributed by atoms with E-state index in [1.165, 1.54) is 0 Å². The van der Waals surface area contributed by atoms with Gasteiger partial charge in [0, 0.05) is 19.6 Å². The Bertz CT molecular complexity index is 559. The molecule has 22 heavy (non-hydrogen) atoms. The molecule has 0 aliphatic carbocycles. The standard InChI is InChI=1S/C16H24N4O2/c1-15(2,3)22-14(21)20-8-4-7-16(20)10-19(11-16)12-5-6-13(17)18-9-12/h5-6,9H,4,7-8,10-11H2,1-3H3,(H2,17,18). The zero-order valence-electron chi connectivity index (χ0n) is 13.5. The van der Waals surface area contributed by atoms with E-state index in [9.17, 15) is 4.79 Å². The van der Waals surface area contributed by atoms with Crippen LogP contribution in [0.4, 0.5) is 16.3 Å². The van der Waals surface area contributed by atoms with Crippen LogP contribution in [0.2, 0.25) is 0 Å². The smallest absolute Gasteiger partial charge is 0.410 e. The Hall–Kier alpha value is -1.98. The van der Waals surface area contributed by atoms with Crippen LogP contribution in [0.5, 0.6) is 0 Å². The van der Waals surface area contributed by atoms with Crippen molar-refractivity contribution in [3.05, 3.63) is 18.3 Å². The maximum Gasteiger partial charge on any atom is 0.410 e. The second kappa shape index (κ2) is 5.04. The van der Waals surface area contributed by atoms with Crippen LogP contribution in [0.15, 0.2) is 18.3 Å². The molecule has 120 valence electrons. The molecule has 0 unspecified atom stereocenters. The highest BCUT2D eigenvalue weighted by atomic mass is 16.6. The molecule has 0 radical (unpaired) electrons. The minimum Gasteiger partial charge on any atom is -0.444 e. The van der Waals surface area contributed by atoms with Crippen LogP contribution in [-0.4, -0.2) is 46.8 Å². The van der Waals surface area contributed by atoms with Gasteiger partial charge in [-0.25, -0.2) is 9.78 Å². The van der Waals surface area contributed by atoms with Crippen LogP contribution >= 0.6 is 0 Å². The highest BCUT2D eigenvalue weighted by molar-refractivity contribution is 5.71. The molecule has 2 aliphatic rings. The number of nitrogens with two attached hydrogens (primary N) is 1.